The van der Waals surface area contributed by atoms with Crippen molar-refractivity contribution in [2.24, 2.45) is 5.73 Å². The van der Waals surface area contributed by atoms with Gasteiger partial charge >= 0.3 is 0 Å². The zero-order chi connectivity index (χ0) is 9.84. The highest BCUT2D eigenvalue weighted by molar-refractivity contribution is 5.92. The van der Waals surface area contributed by atoms with Crippen molar-refractivity contribution in [1.29, 1.82) is 0 Å². The van der Waals surface area contributed by atoms with Crippen molar-refractivity contribution < 1.29 is 4.79 Å². The van der Waals surface area contributed by atoms with Crippen molar-refractivity contribution in [1.82, 2.24) is 4.57 Å². The van der Waals surface area contributed by atoms with Gasteiger partial charge in [0.15, 0.2) is 0 Å². The zero-order valence-corrected chi connectivity index (χ0v) is 7.49. The third-order valence-electron chi connectivity index (χ3n) is 1.75. The third kappa shape index (κ3) is 1.96. The van der Waals surface area contributed by atoms with E-state index in [4.69, 9.17) is 5.73 Å². The lowest BCUT2D eigenvalue weighted by Crippen LogP contribution is -2.28. The number of carbonyl (C=O) groups excluding carboxylic acids is 1. The molecule has 1 aromatic heterocycles. The molecule has 70 valence electrons. The van der Waals surface area contributed by atoms with Crippen molar-refractivity contribution in [3.8, 4) is 0 Å². The number of aryl methyl sites for hydroxylation is 1. The third-order valence-corrected chi connectivity index (χ3v) is 1.75. The molecule has 0 saturated carbocycles. The van der Waals surface area contributed by atoms with Crippen LogP contribution in [0, 0.1) is 0 Å². The Morgan fingerprint density at radius 3 is 2.85 bits per heavy atom. The fourth-order valence-electron chi connectivity index (χ4n) is 1.14. The van der Waals surface area contributed by atoms with Crippen LogP contribution in [0.5, 0.6) is 0 Å². The molecule has 0 aliphatic rings. The van der Waals surface area contributed by atoms with Crippen LogP contribution in [-0.2, 0) is 6.54 Å². The van der Waals surface area contributed by atoms with Gasteiger partial charge in [-0.15, -0.1) is 0 Å². The Morgan fingerprint density at radius 2 is 2.31 bits per heavy atom. The summed E-state index contributed by atoms with van der Waals surface area (Å²) in [5, 5.41) is 0. The number of nitrogens with zero attached hydrogens (tertiary/aromatic N) is 1. The highest BCUT2D eigenvalue weighted by Crippen LogP contribution is 1.91. The second-order valence-corrected chi connectivity index (χ2v) is 2.78. The van der Waals surface area contributed by atoms with Crippen molar-refractivity contribution in [2.75, 3.05) is 0 Å². The molecule has 0 aliphatic heterocycles. The Kier molecular flexibility index (Phi) is 2.84. The van der Waals surface area contributed by atoms with E-state index in [0.717, 1.165) is 6.42 Å². The molecule has 0 aliphatic carbocycles. The van der Waals surface area contributed by atoms with Crippen LogP contribution in [-0.4, -0.2) is 10.5 Å². The average Bonchev–Trinajstić information content (AvgIpc) is 2.08. The molecule has 0 spiro atoms. The lowest BCUT2D eigenvalue weighted by molar-refractivity contribution is 0.0998. The quantitative estimate of drug-likeness (QED) is 0.729. The number of rotatable bonds is 3. The van der Waals surface area contributed by atoms with E-state index in [2.05, 4.69) is 0 Å². The summed E-state index contributed by atoms with van der Waals surface area (Å²) in [5.74, 6) is -0.671. The first-order valence-electron chi connectivity index (χ1n) is 4.16. The van der Waals surface area contributed by atoms with Gasteiger partial charge in [-0.25, -0.2) is 0 Å². The fourth-order valence-corrected chi connectivity index (χ4v) is 1.14. The molecule has 0 radical (unpaired) electrons. The first kappa shape index (κ1) is 9.51. The summed E-state index contributed by atoms with van der Waals surface area (Å²) in [7, 11) is 0. The molecule has 0 saturated heterocycles. The normalized spacial score (nSPS) is 9.92. The largest absolute Gasteiger partial charge is 0.365 e. The molecule has 0 bridgehead atoms. The molecule has 1 rings (SSSR count). The summed E-state index contributed by atoms with van der Waals surface area (Å²) in [6.07, 6.45) is 2.50. The van der Waals surface area contributed by atoms with Crippen LogP contribution in [0.2, 0.25) is 0 Å². The summed E-state index contributed by atoms with van der Waals surface area (Å²) >= 11 is 0. The van der Waals surface area contributed by atoms with Gasteiger partial charge in [-0.1, -0.05) is 6.92 Å². The Bertz CT molecular complexity index is 368. The minimum atomic E-state index is -0.671. The molecule has 1 aromatic rings. The van der Waals surface area contributed by atoms with Crippen LogP contribution < -0.4 is 11.3 Å². The lowest BCUT2D eigenvalue weighted by Gasteiger charge is -2.03. The maximum absolute atomic E-state index is 11.5. The van der Waals surface area contributed by atoms with Crippen LogP contribution in [0.3, 0.4) is 0 Å². The van der Waals surface area contributed by atoms with Gasteiger partial charge < -0.3 is 10.3 Å². The molecule has 2 N–H and O–H groups in total. The van der Waals surface area contributed by atoms with Gasteiger partial charge in [0.1, 0.15) is 5.56 Å². The summed E-state index contributed by atoms with van der Waals surface area (Å²) in [5.41, 5.74) is 4.77. The first-order chi connectivity index (χ1) is 6.16. The van der Waals surface area contributed by atoms with Crippen molar-refractivity contribution >= 4 is 5.91 Å². The number of hydrogen-bond donors (Lipinski definition) is 1. The van der Waals surface area contributed by atoms with E-state index in [9.17, 15) is 9.59 Å². The van der Waals surface area contributed by atoms with Crippen LogP contribution in [0.1, 0.15) is 23.7 Å². The highest BCUT2D eigenvalue weighted by atomic mass is 16.2. The second kappa shape index (κ2) is 3.89. The number of primary amides is 1. The van der Waals surface area contributed by atoms with E-state index in [-0.39, 0.29) is 11.1 Å². The molecule has 4 heteroatoms. The Labute approximate surface area is 76.0 Å². The van der Waals surface area contributed by atoms with Crippen molar-refractivity contribution in [2.45, 2.75) is 19.9 Å². The van der Waals surface area contributed by atoms with Gasteiger partial charge in [0.25, 0.3) is 11.5 Å². The molecule has 0 atom stereocenters. The van der Waals surface area contributed by atoms with E-state index in [0.29, 0.717) is 6.54 Å². The predicted molar refractivity (Wildman–Crippen MR) is 49.5 cm³/mol. The first-order valence-corrected chi connectivity index (χ1v) is 4.16. The SMILES string of the molecule is CCCn1cccc(C(N)=O)c1=O. The monoisotopic (exact) mass is 180 g/mol. The standard InChI is InChI=1S/C9H12N2O2/c1-2-5-11-6-3-4-7(8(10)12)9(11)13/h3-4,6H,2,5H2,1H3,(H2,10,12). The van der Waals surface area contributed by atoms with Gasteiger partial charge in [0.05, 0.1) is 0 Å². The van der Waals surface area contributed by atoms with Gasteiger partial charge in [-0.2, -0.15) is 0 Å². The summed E-state index contributed by atoms with van der Waals surface area (Å²) < 4.78 is 1.49. The zero-order valence-electron chi connectivity index (χ0n) is 7.49. The number of amides is 1. The Hall–Kier alpha value is -1.58. The molecule has 0 fully saturated rings. The maximum Gasteiger partial charge on any atom is 0.263 e. The second-order valence-electron chi connectivity index (χ2n) is 2.78. The van der Waals surface area contributed by atoms with E-state index in [1.807, 2.05) is 6.92 Å². The Balaban J connectivity index is 3.19. The molecule has 1 heterocycles. The van der Waals surface area contributed by atoms with E-state index in [1.54, 1.807) is 12.3 Å². The molecule has 0 aromatic carbocycles. The number of pyridine rings is 1. The lowest BCUT2D eigenvalue weighted by atomic mass is 10.2. The minimum Gasteiger partial charge on any atom is -0.365 e. The number of aromatic nitrogens is 1. The molecule has 0 unspecified atom stereocenters. The molecule has 1 amide bonds. The van der Waals surface area contributed by atoms with Gasteiger partial charge in [0.2, 0.25) is 0 Å². The van der Waals surface area contributed by atoms with Crippen LogP contribution in [0.4, 0.5) is 0 Å². The highest BCUT2D eigenvalue weighted by Gasteiger charge is 2.06. The van der Waals surface area contributed by atoms with Crippen molar-refractivity contribution in [3.05, 3.63) is 34.2 Å². The van der Waals surface area contributed by atoms with Gasteiger partial charge in [-0.05, 0) is 18.6 Å². The Morgan fingerprint density at radius 1 is 1.62 bits per heavy atom. The van der Waals surface area contributed by atoms with E-state index >= 15 is 0 Å². The van der Waals surface area contributed by atoms with Crippen LogP contribution >= 0.6 is 0 Å². The smallest absolute Gasteiger partial charge is 0.263 e. The molecule has 13 heavy (non-hydrogen) atoms. The average molecular weight is 180 g/mol. The van der Waals surface area contributed by atoms with Crippen LogP contribution in [0.25, 0.3) is 0 Å². The molecular formula is C9H12N2O2. The summed E-state index contributed by atoms with van der Waals surface area (Å²) in [6, 6.07) is 3.09. The maximum atomic E-state index is 11.5. The summed E-state index contributed by atoms with van der Waals surface area (Å²) in [4.78, 5) is 22.2. The number of nitrogens with two attached hydrogens (primary N) is 1. The summed E-state index contributed by atoms with van der Waals surface area (Å²) in [6.45, 7) is 2.57. The van der Waals surface area contributed by atoms with Crippen LogP contribution in [0.15, 0.2) is 23.1 Å². The van der Waals surface area contributed by atoms with Crippen molar-refractivity contribution in [3.63, 3.8) is 0 Å². The predicted octanol–water partition coefficient (Wildman–Crippen LogP) is 0.357. The molecular weight excluding hydrogens is 168 g/mol. The van der Waals surface area contributed by atoms with Gasteiger partial charge in [-0.3, -0.25) is 9.59 Å². The topological polar surface area (TPSA) is 65.1 Å². The fraction of sp³-hybridized carbons (Fsp3) is 0.333. The van der Waals surface area contributed by atoms with E-state index in [1.165, 1.54) is 10.6 Å². The minimum absolute atomic E-state index is 0.0518. The molecule has 4 nitrogen and oxygen atoms in total. The van der Waals surface area contributed by atoms with E-state index < -0.39 is 5.91 Å². The van der Waals surface area contributed by atoms with Gasteiger partial charge in [0, 0.05) is 12.7 Å². The number of carbonyl (C=O) groups is 1. The number of hydrogen-bond acceptors (Lipinski definition) is 2.